The second kappa shape index (κ2) is 7.07. The maximum absolute atomic E-state index is 9.41. The second-order valence-electron chi connectivity index (χ2n) is 6.81. The largest absolute Gasteiger partial charge is 0.508 e. The highest BCUT2D eigenvalue weighted by molar-refractivity contribution is 7.14. The number of para-hydroxylation sites is 1. The molecular weight excluding hydrogens is 380 g/mol. The Balaban J connectivity index is 1.37. The van der Waals surface area contributed by atoms with E-state index in [4.69, 9.17) is 0 Å². The molecule has 0 aliphatic heterocycles. The summed E-state index contributed by atoms with van der Waals surface area (Å²) in [6.07, 6.45) is 1.81. The molecule has 0 atom stereocenters. The van der Waals surface area contributed by atoms with E-state index in [9.17, 15) is 5.11 Å². The lowest BCUT2D eigenvalue weighted by atomic mass is 10.1. The van der Waals surface area contributed by atoms with Gasteiger partial charge in [0.25, 0.3) is 0 Å². The predicted molar refractivity (Wildman–Crippen MR) is 121 cm³/mol. The Bertz CT molecular complexity index is 1350. The van der Waals surface area contributed by atoms with Gasteiger partial charge in [-0.2, -0.15) is 5.10 Å². The summed E-state index contributed by atoms with van der Waals surface area (Å²) >= 11 is 1.49. The van der Waals surface area contributed by atoms with Crippen LogP contribution in [0.5, 0.6) is 5.75 Å². The summed E-state index contributed by atoms with van der Waals surface area (Å²) in [7, 11) is 2.09. The van der Waals surface area contributed by atoms with Crippen LogP contribution in [-0.4, -0.2) is 20.9 Å². The standard InChI is InChI=1S/C23H18N4OS/c1-27-21-5-3-2-4-18(21)19-12-15(6-11-22(19)27)13-24-26-23-25-20(14-29-23)16-7-9-17(28)10-8-16/h2-14,28H,1H3,(H,25,26). The summed E-state index contributed by atoms with van der Waals surface area (Å²) in [6, 6.07) is 21.8. The molecule has 0 aliphatic rings. The minimum absolute atomic E-state index is 0.245. The van der Waals surface area contributed by atoms with Crippen molar-refractivity contribution in [3.05, 3.63) is 77.7 Å². The Hall–Kier alpha value is -3.64. The highest BCUT2D eigenvalue weighted by Crippen LogP contribution is 2.29. The maximum Gasteiger partial charge on any atom is 0.203 e. The fourth-order valence-corrected chi connectivity index (χ4v) is 4.19. The molecule has 0 aliphatic carbocycles. The number of fused-ring (bicyclic) bond motifs is 3. The molecule has 5 nitrogen and oxygen atoms in total. The van der Waals surface area contributed by atoms with Gasteiger partial charge < -0.3 is 9.67 Å². The number of aromatic hydroxyl groups is 1. The van der Waals surface area contributed by atoms with E-state index in [1.807, 2.05) is 23.7 Å². The van der Waals surface area contributed by atoms with Crippen molar-refractivity contribution in [2.24, 2.45) is 12.1 Å². The molecule has 6 heteroatoms. The molecule has 0 amide bonds. The van der Waals surface area contributed by atoms with E-state index in [-0.39, 0.29) is 5.75 Å². The van der Waals surface area contributed by atoms with E-state index in [0.29, 0.717) is 0 Å². The number of benzene rings is 3. The Kier molecular flexibility index (Phi) is 4.26. The normalized spacial score (nSPS) is 11.6. The molecule has 5 aromatic rings. The zero-order chi connectivity index (χ0) is 19.8. The van der Waals surface area contributed by atoms with Gasteiger partial charge in [-0.05, 0) is 48.0 Å². The van der Waals surface area contributed by atoms with Crippen molar-refractivity contribution < 1.29 is 5.11 Å². The third-order valence-corrected chi connectivity index (χ3v) is 5.73. The smallest absolute Gasteiger partial charge is 0.203 e. The highest BCUT2D eigenvalue weighted by atomic mass is 32.1. The van der Waals surface area contributed by atoms with Crippen LogP contribution in [0.4, 0.5) is 5.13 Å². The van der Waals surface area contributed by atoms with Crippen molar-refractivity contribution in [2.75, 3.05) is 5.43 Å². The average molecular weight is 398 g/mol. The minimum Gasteiger partial charge on any atom is -0.508 e. The predicted octanol–water partition coefficient (Wildman–Crippen LogP) is 5.61. The van der Waals surface area contributed by atoms with E-state index in [0.717, 1.165) is 22.0 Å². The number of nitrogens with zero attached hydrogens (tertiary/aromatic N) is 3. The molecular formula is C23H18N4OS. The van der Waals surface area contributed by atoms with Crippen LogP contribution in [0.3, 0.4) is 0 Å². The molecule has 0 saturated carbocycles. The number of phenols is 1. The van der Waals surface area contributed by atoms with Crippen molar-refractivity contribution in [2.45, 2.75) is 0 Å². The summed E-state index contributed by atoms with van der Waals surface area (Å²) in [5.41, 5.74) is 8.26. The lowest BCUT2D eigenvalue weighted by Gasteiger charge is -1.99. The summed E-state index contributed by atoms with van der Waals surface area (Å²) in [6.45, 7) is 0. The number of aryl methyl sites for hydroxylation is 1. The van der Waals surface area contributed by atoms with Gasteiger partial charge in [-0.25, -0.2) is 4.98 Å². The number of anilines is 1. The van der Waals surface area contributed by atoms with Crippen LogP contribution in [0.15, 0.2) is 77.2 Å². The van der Waals surface area contributed by atoms with E-state index < -0.39 is 0 Å². The fourth-order valence-electron chi connectivity index (χ4n) is 3.52. The zero-order valence-electron chi connectivity index (χ0n) is 15.7. The number of hydrazone groups is 1. The molecule has 29 heavy (non-hydrogen) atoms. The molecule has 0 radical (unpaired) electrons. The van der Waals surface area contributed by atoms with Gasteiger partial charge in [-0.15, -0.1) is 11.3 Å². The molecule has 2 aromatic heterocycles. The van der Waals surface area contributed by atoms with E-state index in [1.54, 1.807) is 12.1 Å². The Morgan fingerprint density at radius 3 is 2.66 bits per heavy atom. The van der Waals surface area contributed by atoms with Crippen molar-refractivity contribution in [1.29, 1.82) is 0 Å². The first-order valence-electron chi connectivity index (χ1n) is 9.20. The van der Waals surface area contributed by atoms with Crippen LogP contribution in [0, 0.1) is 0 Å². The van der Waals surface area contributed by atoms with E-state index >= 15 is 0 Å². The number of phenolic OH excluding ortho intramolecular Hbond substituents is 1. The van der Waals surface area contributed by atoms with Gasteiger partial charge in [0, 0.05) is 39.8 Å². The molecule has 142 valence electrons. The lowest BCUT2D eigenvalue weighted by Crippen LogP contribution is -1.91. The van der Waals surface area contributed by atoms with Gasteiger partial charge >= 0.3 is 0 Å². The minimum atomic E-state index is 0.245. The number of thiazole rings is 1. The first-order valence-corrected chi connectivity index (χ1v) is 10.1. The van der Waals surface area contributed by atoms with Crippen molar-refractivity contribution in [3.63, 3.8) is 0 Å². The maximum atomic E-state index is 9.41. The third-order valence-electron chi connectivity index (χ3n) is 4.98. The molecule has 3 aromatic carbocycles. The Morgan fingerprint density at radius 2 is 1.79 bits per heavy atom. The summed E-state index contributed by atoms with van der Waals surface area (Å²) in [4.78, 5) is 4.54. The number of hydrogen-bond acceptors (Lipinski definition) is 5. The van der Waals surface area contributed by atoms with Crippen molar-refractivity contribution >= 4 is 44.5 Å². The number of aromatic nitrogens is 2. The van der Waals surface area contributed by atoms with Crippen LogP contribution in [0.1, 0.15) is 5.56 Å². The molecule has 2 heterocycles. The van der Waals surface area contributed by atoms with E-state index in [2.05, 4.69) is 69.6 Å². The van der Waals surface area contributed by atoms with Gasteiger partial charge in [0.15, 0.2) is 0 Å². The number of nitrogens with one attached hydrogen (secondary N) is 1. The van der Waals surface area contributed by atoms with Crippen molar-refractivity contribution in [3.8, 4) is 17.0 Å². The lowest BCUT2D eigenvalue weighted by molar-refractivity contribution is 0.475. The summed E-state index contributed by atoms with van der Waals surface area (Å²) < 4.78 is 2.21. The zero-order valence-corrected chi connectivity index (χ0v) is 16.5. The third kappa shape index (κ3) is 3.23. The molecule has 2 N–H and O–H groups in total. The van der Waals surface area contributed by atoms with Crippen molar-refractivity contribution in [1.82, 2.24) is 9.55 Å². The fraction of sp³-hybridized carbons (Fsp3) is 0.0435. The number of rotatable bonds is 4. The van der Waals surface area contributed by atoms with Crippen LogP contribution in [-0.2, 0) is 7.05 Å². The second-order valence-corrected chi connectivity index (χ2v) is 7.67. The molecule has 0 fully saturated rings. The van der Waals surface area contributed by atoms with Crippen LogP contribution < -0.4 is 5.43 Å². The first kappa shape index (κ1) is 17.5. The van der Waals surface area contributed by atoms with Crippen LogP contribution in [0.2, 0.25) is 0 Å². The van der Waals surface area contributed by atoms with Gasteiger partial charge in [0.05, 0.1) is 11.9 Å². The molecule has 0 saturated heterocycles. The molecule has 0 unspecified atom stereocenters. The van der Waals surface area contributed by atoms with E-state index in [1.165, 1.54) is 33.1 Å². The topological polar surface area (TPSA) is 62.4 Å². The molecule has 5 rings (SSSR count). The van der Waals surface area contributed by atoms with Crippen LogP contribution in [0.25, 0.3) is 33.1 Å². The van der Waals surface area contributed by atoms with Crippen LogP contribution >= 0.6 is 11.3 Å². The average Bonchev–Trinajstić information content (AvgIpc) is 3.33. The summed E-state index contributed by atoms with van der Waals surface area (Å²) in [5.74, 6) is 0.245. The molecule has 0 spiro atoms. The SMILES string of the molecule is Cn1c2ccccc2c2cc(C=NNc3nc(-c4ccc(O)cc4)cs3)ccc21. The van der Waals surface area contributed by atoms with Gasteiger partial charge in [-0.1, -0.05) is 24.3 Å². The molecule has 0 bridgehead atoms. The highest BCUT2D eigenvalue weighted by Gasteiger charge is 2.08. The Morgan fingerprint density at radius 1 is 1.00 bits per heavy atom. The summed E-state index contributed by atoms with van der Waals surface area (Å²) in [5, 5.41) is 18.9. The van der Waals surface area contributed by atoms with Gasteiger partial charge in [0.1, 0.15) is 5.75 Å². The first-order chi connectivity index (χ1) is 14.2. The quantitative estimate of drug-likeness (QED) is 0.306. The Labute approximate surface area is 171 Å². The van der Waals surface area contributed by atoms with Gasteiger partial charge in [0.2, 0.25) is 5.13 Å². The number of hydrogen-bond donors (Lipinski definition) is 2. The van der Waals surface area contributed by atoms with Gasteiger partial charge in [-0.3, -0.25) is 5.43 Å². The monoisotopic (exact) mass is 398 g/mol.